The molecule has 1 aromatic carbocycles. The number of nitrogens with two attached hydrogens (primary N) is 1. The van der Waals surface area contributed by atoms with E-state index in [9.17, 15) is 8.42 Å². The van der Waals surface area contributed by atoms with Gasteiger partial charge in [-0.3, -0.25) is 0 Å². The van der Waals surface area contributed by atoms with E-state index in [-0.39, 0.29) is 9.88 Å². The fourth-order valence-corrected chi connectivity index (χ4v) is 3.20. The largest absolute Gasteiger partial charge is 0.389 e. The van der Waals surface area contributed by atoms with Crippen molar-refractivity contribution in [2.75, 3.05) is 26.8 Å². The number of hydrogen-bond acceptors (Lipinski definition) is 4. The maximum Gasteiger partial charge on any atom is 0.243 e. The second kappa shape index (κ2) is 7.12. The van der Waals surface area contributed by atoms with Crippen LogP contribution in [0.5, 0.6) is 0 Å². The zero-order chi connectivity index (χ0) is 15.3. The van der Waals surface area contributed by atoms with Crippen molar-refractivity contribution >= 4 is 27.2 Å². The van der Waals surface area contributed by atoms with E-state index in [1.165, 1.54) is 17.4 Å². The molecule has 0 spiro atoms. The van der Waals surface area contributed by atoms with Crippen LogP contribution in [-0.4, -0.2) is 44.5 Å². The van der Waals surface area contributed by atoms with E-state index in [4.69, 9.17) is 22.7 Å². The number of ether oxygens (including phenoxy) is 1. The summed E-state index contributed by atoms with van der Waals surface area (Å²) in [5.41, 5.74) is 6.82. The molecule has 1 aromatic rings. The molecule has 0 fully saturated rings. The van der Waals surface area contributed by atoms with Gasteiger partial charge in [-0.15, -0.1) is 0 Å². The molecule has 0 radical (unpaired) electrons. The van der Waals surface area contributed by atoms with Gasteiger partial charge in [-0.25, -0.2) is 8.42 Å². The van der Waals surface area contributed by atoms with Crippen LogP contribution in [0.15, 0.2) is 23.1 Å². The molecule has 5 nitrogen and oxygen atoms in total. The first-order valence-electron chi connectivity index (χ1n) is 6.25. The maximum atomic E-state index is 12.4. The summed E-state index contributed by atoms with van der Waals surface area (Å²) in [7, 11) is -1.99. The molecule has 0 bridgehead atoms. The van der Waals surface area contributed by atoms with Crippen LogP contribution in [0.4, 0.5) is 0 Å². The van der Waals surface area contributed by atoms with Crippen molar-refractivity contribution in [3.8, 4) is 0 Å². The number of hydrogen-bond donors (Lipinski definition) is 1. The van der Waals surface area contributed by atoms with Crippen molar-refractivity contribution in [3.63, 3.8) is 0 Å². The van der Waals surface area contributed by atoms with Gasteiger partial charge >= 0.3 is 0 Å². The van der Waals surface area contributed by atoms with E-state index in [0.29, 0.717) is 30.9 Å². The third-order valence-corrected chi connectivity index (χ3v) is 5.16. The fourth-order valence-electron chi connectivity index (χ4n) is 1.72. The number of aryl methyl sites for hydroxylation is 1. The molecule has 0 aromatic heterocycles. The lowest BCUT2D eigenvalue weighted by Crippen LogP contribution is -2.31. The van der Waals surface area contributed by atoms with Gasteiger partial charge in [-0.05, 0) is 31.5 Å². The first kappa shape index (κ1) is 17.0. The summed E-state index contributed by atoms with van der Waals surface area (Å²) in [5, 5.41) is 0. The molecular weight excluding hydrogens is 296 g/mol. The third kappa shape index (κ3) is 3.99. The molecule has 0 unspecified atom stereocenters. The van der Waals surface area contributed by atoms with Gasteiger partial charge in [0, 0.05) is 25.8 Å². The van der Waals surface area contributed by atoms with Crippen LogP contribution in [0, 0.1) is 6.92 Å². The Morgan fingerprint density at radius 3 is 2.60 bits per heavy atom. The van der Waals surface area contributed by atoms with Crippen molar-refractivity contribution in [1.82, 2.24) is 4.31 Å². The molecule has 0 saturated heterocycles. The van der Waals surface area contributed by atoms with E-state index in [2.05, 4.69) is 0 Å². The highest BCUT2D eigenvalue weighted by molar-refractivity contribution is 7.89. The van der Waals surface area contributed by atoms with Gasteiger partial charge in [0.15, 0.2) is 0 Å². The molecule has 0 heterocycles. The van der Waals surface area contributed by atoms with E-state index in [1.54, 1.807) is 19.1 Å². The van der Waals surface area contributed by atoms with E-state index in [0.717, 1.165) is 0 Å². The van der Waals surface area contributed by atoms with Crippen LogP contribution in [0.3, 0.4) is 0 Å². The summed E-state index contributed by atoms with van der Waals surface area (Å²) in [6, 6.07) is 4.85. The molecule has 0 aliphatic heterocycles. The molecule has 2 N–H and O–H groups in total. The highest BCUT2D eigenvalue weighted by Gasteiger charge is 2.22. The molecule has 1 rings (SSSR count). The van der Waals surface area contributed by atoms with Crippen LogP contribution in [0.25, 0.3) is 0 Å². The molecule has 0 aliphatic carbocycles. The Hall–Kier alpha value is -1.02. The number of likely N-dealkylation sites (N-methyl/N-ethyl adjacent to an activating group) is 1. The zero-order valence-electron chi connectivity index (χ0n) is 11.9. The number of sulfonamides is 1. The van der Waals surface area contributed by atoms with Gasteiger partial charge in [0.2, 0.25) is 10.0 Å². The normalized spacial score (nSPS) is 11.8. The predicted octanol–water partition coefficient (Wildman–Crippen LogP) is 1.29. The van der Waals surface area contributed by atoms with Gasteiger partial charge in [0.1, 0.15) is 4.99 Å². The second-order valence-electron chi connectivity index (χ2n) is 4.37. The molecule has 0 atom stereocenters. The predicted molar refractivity (Wildman–Crippen MR) is 83.4 cm³/mol. The van der Waals surface area contributed by atoms with E-state index >= 15 is 0 Å². The van der Waals surface area contributed by atoms with Crippen LogP contribution < -0.4 is 5.73 Å². The second-order valence-corrected chi connectivity index (χ2v) is 6.82. The van der Waals surface area contributed by atoms with Crippen LogP contribution in [0.1, 0.15) is 18.1 Å². The summed E-state index contributed by atoms with van der Waals surface area (Å²) in [6.07, 6.45) is 0. The average molecular weight is 316 g/mol. The Balaban J connectivity index is 3.00. The minimum atomic E-state index is -3.52. The van der Waals surface area contributed by atoms with Crippen molar-refractivity contribution in [1.29, 1.82) is 0 Å². The summed E-state index contributed by atoms with van der Waals surface area (Å²) in [6.45, 7) is 4.84. The Labute approximate surface area is 125 Å². The standard InChI is InChI=1S/C13H20N2O3S2/c1-4-18-8-7-15(3)20(16,17)12-6-5-11(13(14)19)9-10(12)2/h5-6,9H,4,7-8H2,1-3H3,(H2,14,19). The SMILES string of the molecule is CCOCCN(C)S(=O)(=O)c1ccc(C(N)=S)cc1C. The van der Waals surface area contributed by atoms with Gasteiger partial charge < -0.3 is 10.5 Å². The maximum absolute atomic E-state index is 12.4. The topological polar surface area (TPSA) is 72.6 Å². The lowest BCUT2D eigenvalue weighted by Gasteiger charge is -2.18. The van der Waals surface area contributed by atoms with Gasteiger partial charge in [-0.1, -0.05) is 18.3 Å². The number of nitrogens with zero attached hydrogens (tertiary/aromatic N) is 1. The van der Waals surface area contributed by atoms with E-state index in [1.807, 2.05) is 6.92 Å². The highest BCUT2D eigenvalue weighted by atomic mass is 32.2. The Bertz CT molecular complexity index is 585. The van der Waals surface area contributed by atoms with Crippen molar-refractivity contribution in [2.45, 2.75) is 18.7 Å². The molecule has 7 heteroatoms. The summed E-state index contributed by atoms with van der Waals surface area (Å²) >= 11 is 4.88. The highest BCUT2D eigenvalue weighted by Crippen LogP contribution is 2.20. The molecule has 112 valence electrons. The van der Waals surface area contributed by atoms with Crippen molar-refractivity contribution in [3.05, 3.63) is 29.3 Å². The lowest BCUT2D eigenvalue weighted by atomic mass is 10.1. The fraction of sp³-hybridized carbons (Fsp3) is 0.462. The summed E-state index contributed by atoms with van der Waals surface area (Å²) in [4.78, 5) is 0.512. The van der Waals surface area contributed by atoms with Crippen molar-refractivity contribution in [2.24, 2.45) is 5.73 Å². The number of rotatable bonds is 7. The minimum Gasteiger partial charge on any atom is -0.389 e. The Morgan fingerprint density at radius 2 is 2.10 bits per heavy atom. The molecule has 0 saturated carbocycles. The first-order valence-corrected chi connectivity index (χ1v) is 8.10. The number of thiocarbonyl (C=S) groups is 1. The third-order valence-electron chi connectivity index (χ3n) is 2.90. The quantitative estimate of drug-likeness (QED) is 0.606. The molecule has 0 aliphatic rings. The molecule has 20 heavy (non-hydrogen) atoms. The van der Waals surface area contributed by atoms with E-state index < -0.39 is 10.0 Å². The van der Waals surface area contributed by atoms with Gasteiger partial charge in [-0.2, -0.15) is 4.31 Å². The summed E-state index contributed by atoms with van der Waals surface area (Å²) < 4.78 is 31.3. The van der Waals surface area contributed by atoms with Crippen molar-refractivity contribution < 1.29 is 13.2 Å². The van der Waals surface area contributed by atoms with Gasteiger partial charge in [0.25, 0.3) is 0 Å². The first-order chi connectivity index (χ1) is 9.30. The average Bonchev–Trinajstić information content (AvgIpc) is 2.38. The number of benzene rings is 1. The summed E-state index contributed by atoms with van der Waals surface area (Å²) in [5.74, 6) is 0. The lowest BCUT2D eigenvalue weighted by molar-refractivity contribution is 0.138. The van der Waals surface area contributed by atoms with Crippen LogP contribution in [-0.2, 0) is 14.8 Å². The Morgan fingerprint density at radius 1 is 1.45 bits per heavy atom. The zero-order valence-corrected chi connectivity index (χ0v) is 13.6. The minimum absolute atomic E-state index is 0.252. The molecule has 0 amide bonds. The van der Waals surface area contributed by atoms with Crippen LogP contribution >= 0.6 is 12.2 Å². The Kier molecular flexibility index (Phi) is 6.07. The monoisotopic (exact) mass is 316 g/mol. The molecular formula is C13H20N2O3S2. The van der Waals surface area contributed by atoms with Gasteiger partial charge in [0.05, 0.1) is 11.5 Å². The smallest absolute Gasteiger partial charge is 0.243 e. The van der Waals surface area contributed by atoms with Crippen LogP contribution in [0.2, 0.25) is 0 Å².